The van der Waals surface area contributed by atoms with Crippen LogP contribution in [0.5, 0.6) is 0 Å². The van der Waals surface area contributed by atoms with Crippen molar-refractivity contribution in [3.8, 4) is 5.69 Å². The van der Waals surface area contributed by atoms with Crippen molar-refractivity contribution >= 4 is 17.3 Å². The van der Waals surface area contributed by atoms with E-state index >= 15 is 0 Å². The minimum absolute atomic E-state index is 0.127. The monoisotopic (exact) mass is 321 g/mol. The molecule has 0 N–H and O–H groups in total. The first-order chi connectivity index (χ1) is 9.86. The number of hydrogen-bond acceptors (Lipinski definition) is 4. The molecule has 10 heteroatoms. The summed E-state index contributed by atoms with van der Waals surface area (Å²) < 4.78 is 44.8. The van der Waals surface area contributed by atoms with E-state index in [0.29, 0.717) is 12.1 Å². The van der Waals surface area contributed by atoms with Crippen LogP contribution >= 0.6 is 11.6 Å². The summed E-state index contributed by atoms with van der Waals surface area (Å²) in [4.78, 5) is 10.2. The van der Waals surface area contributed by atoms with Crippen molar-refractivity contribution in [3.05, 3.63) is 50.5 Å². The molecule has 0 spiro atoms. The van der Waals surface area contributed by atoms with E-state index in [-0.39, 0.29) is 18.0 Å². The summed E-state index contributed by atoms with van der Waals surface area (Å²) in [6.07, 6.45) is 0. The van der Waals surface area contributed by atoms with E-state index < -0.39 is 33.2 Å². The first kappa shape index (κ1) is 15.3. The van der Waals surface area contributed by atoms with Gasteiger partial charge in [-0.15, -0.1) is 0 Å². The van der Waals surface area contributed by atoms with Crippen molar-refractivity contribution < 1.29 is 22.8 Å². The Morgan fingerprint density at radius 1 is 1.38 bits per heavy atom. The highest BCUT2D eigenvalue weighted by Gasteiger charge is 2.28. The fraction of sp³-hybridized carbons (Fsp3) is 0.182. The van der Waals surface area contributed by atoms with Gasteiger partial charge in [0.25, 0.3) is 0 Å². The first-order valence-corrected chi connectivity index (χ1v) is 5.80. The molecule has 0 unspecified atom stereocenters. The summed E-state index contributed by atoms with van der Waals surface area (Å²) in [5.41, 5.74) is -0.969. The molecule has 0 radical (unpaired) electrons. The highest BCUT2D eigenvalue weighted by Crippen LogP contribution is 2.31. The molecule has 1 aromatic carbocycles. The number of nitrogens with zero attached hydrogens (tertiary/aromatic N) is 3. The van der Waals surface area contributed by atoms with Crippen LogP contribution < -0.4 is 0 Å². The summed E-state index contributed by atoms with van der Waals surface area (Å²) in [5.74, 6) is -4.59. The Bertz CT molecular complexity index is 697. The average Bonchev–Trinajstić information content (AvgIpc) is 2.73. The zero-order valence-electron chi connectivity index (χ0n) is 10.4. The lowest BCUT2D eigenvalue weighted by atomic mass is 10.3. The van der Waals surface area contributed by atoms with E-state index in [0.717, 1.165) is 4.68 Å². The molecule has 2 aromatic rings. The van der Waals surface area contributed by atoms with Gasteiger partial charge in [0.05, 0.1) is 17.2 Å². The first-order valence-electron chi connectivity index (χ1n) is 5.42. The quantitative estimate of drug-likeness (QED) is 0.493. The predicted molar refractivity (Wildman–Crippen MR) is 65.8 cm³/mol. The van der Waals surface area contributed by atoms with Crippen LogP contribution in [0.3, 0.4) is 0 Å². The van der Waals surface area contributed by atoms with Gasteiger partial charge < -0.3 is 4.74 Å². The zero-order chi connectivity index (χ0) is 15.7. The SMILES string of the molecule is COCc1nn(-c2cc(F)c(F)c(F)c2)c(Cl)c1[N+](=O)[O-]. The van der Waals surface area contributed by atoms with Crippen LogP contribution in [0.2, 0.25) is 5.15 Å². The Balaban J connectivity index is 2.65. The largest absolute Gasteiger partial charge is 0.378 e. The summed E-state index contributed by atoms with van der Waals surface area (Å²) in [6, 6.07) is 1.25. The molecule has 0 aliphatic carbocycles. The number of ether oxygens (including phenoxy) is 1. The number of hydrogen-bond donors (Lipinski definition) is 0. The number of halogens is 4. The molecule has 21 heavy (non-hydrogen) atoms. The maximum Gasteiger partial charge on any atom is 0.331 e. The van der Waals surface area contributed by atoms with Gasteiger partial charge in [-0.3, -0.25) is 10.1 Å². The molecule has 2 rings (SSSR count). The van der Waals surface area contributed by atoms with Crippen LogP contribution in [0.1, 0.15) is 5.69 Å². The van der Waals surface area contributed by atoms with E-state index in [9.17, 15) is 23.3 Å². The average molecular weight is 322 g/mol. The molecule has 6 nitrogen and oxygen atoms in total. The molecule has 1 aromatic heterocycles. The highest BCUT2D eigenvalue weighted by atomic mass is 35.5. The highest BCUT2D eigenvalue weighted by molar-refractivity contribution is 6.32. The van der Waals surface area contributed by atoms with Gasteiger partial charge in [-0.05, 0) is 0 Å². The summed E-state index contributed by atoms with van der Waals surface area (Å²) in [5, 5.41) is 14.2. The molecule has 112 valence electrons. The third-order valence-corrected chi connectivity index (χ3v) is 2.89. The van der Waals surface area contributed by atoms with Crippen molar-refractivity contribution in [3.63, 3.8) is 0 Å². The third kappa shape index (κ3) is 2.69. The Morgan fingerprint density at radius 3 is 2.43 bits per heavy atom. The van der Waals surface area contributed by atoms with E-state index in [2.05, 4.69) is 5.10 Å². The van der Waals surface area contributed by atoms with Crippen molar-refractivity contribution in [1.29, 1.82) is 0 Å². The Morgan fingerprint density at radius 2 is 1.95 bits per heavy atom. The van der Waals surface area contributed by atoms with E-state index in [1.807, 2.05) is 0 Å². The smallest absolute Gasteiger partial charge is 0.331 e. The molecule has 1 heterocycles. The van der Waals surface area contributed by atoms with Crippen molar-refractivity contribution in [1.82, 2.24) is 9.78 Å². The Hall–Kier alpha value is -2.13. The van der Waals surface area contributed by atoms with Gasteiger partial charge in [0.1, 0.15) is 0 Å². The third-order valence-electron chi connectivity index (χ3n) is 2.55. The van der Waals surface area contributed by atoms with Crippen molar-refractivity contribution in [2.24, 2.45) is 0 Å². The Labute approximate surface area is 120 Å². The Kier molecular flexibility index (Phi) is 4.14. The molecule has 0 fully saturated rings. The lowest BCUT2D eigenvalue weighted by Crippen LogP contribution is -2.02. The normalized spacial score (nSPS) is 10.9. The second-order valence-electron chi connectivity index (χ2n) is 3.91. The molecule has 0 atom stereocenters. The fourth-order valence-corrected chi connectivity index (χ4v) is 1.99. The van der Waals surface area contributed by atoms with Crippen molar-refractivity contribution in [2.45, 2.75) is 6.61 Å². The van der Waals surface area contributed by atoms with E-state index in [1.165, 1.54) is 7.11 Å². The van der Waals surface area contributed by atoms with Crippen LogP contribution in [-0.2, 0) is 11.3 Å². The maximum absolute atomic E-state index is 13.2. The number of benzene rings is 1. The zero-order valence-corrected chi connectivity index (χ0v) is 11.2. The van der Waals surface area contributed by atoms with Gasteiger partial charge in [-0.25, -0.2) is 17.9 Å². The molecule has 0 aliphatic rings. The standard InChI is InChI=1S/C11H7ClF3N3O3/c1-21-4-8-10(18(19)20)11(12)17(16-8)5-2-6(13)9(15)7(14)3-5/h2-3H,4H2,1H3. The second-order valence-corrected chi connectivity index (χ2v) is 4.27. The second kappa shape index (κ2) is 5.70. The number of aromatic nitrogens is 2. The van der Waals surface area contributed by atoms with Crippen LogP contribution in [0, 0.1) is 27.6 Å². The van der Waals surface area contributed by atoms with Gasteiger partial charge in [-0.1, -0.05) is 11.6 Å². The maximum atomic E-state index is 13.2. The van der Waals surface area contributed by atoms with Crippen LogP contribution in [0.15, 0.2) is 12.1 Å². The van der Waals surface area contributed by atoms with Crippen molar-refractivity contribution in [2.75, 3.05) is 7.11 Å². The van der Waals surface area contributed by atoms with Gasteiger partial charge in [0.15, 0.2) is 23.1 Å². The number of rotatable bonds is 4. The van der Waals surface area contributed by atoms with E-state index in [1.54, 1.807) is 0 Å². The summed E-state index contributed by atoms with van der Waals surface area (Å²) in [6.45, 7) is -0.227. The molecule has 0 amide bonds. The van der Waals surface area contributed by atoms with Crippen LogP contribution in [0.4, 0.5) is 18.9 Å². The summed E-state index contributed by atoms with van der Waals surface area (Å²) >= 11 is 5.80. The molecule has 0 saturated heterocycles. The predicted octanol–water partition coefficient (Wildman–Crippen LogP) is 3.00. The molecule has 0 aliphatic heterocycles. The molecule has 0 bridgehead atoms. The van der Waals surface area contributed by atoms with Crippen LogP contribution in [-0.4, -0.2) is 21.8 Å². The lowest BCUT2D eigenvalue weighted by Gasteiger charge is -2.04. The fourth-order valence-electron chi connectivity index (χ4n) is 1.68. The summed E-state index contributed by atoms with van der Waals surface area (Å²) in [7, 11) is 1.29. The molecular formula is C11H7ClF3N3O3. The van der Waals surface area contributed by atoms with Gasteiger partial charge in [0, 0.05) is 19.2 Å². The van der Waals surface area contributed by atoms with E-state index in [4.69, 9.17) is 16.3 Å². The number of methoxy groups -OCH3 is 1. The minimum atomic E-state index is -1.66. The van der Waals surface area contributed by atoms with Crippen LogP contribution in [0.25, 0.3) is 5.69 Å². The molecule has 0 saturated carbocycles. The minimum Gasteiger partial charge on any atom is -0.378 e. The molecular weight excluding hydrogens is 315 g/mol. The number of nitro groups is 1. The van der Waals surface area contributed by atoms with Gasteiger partial charge in [0.2, 0.25) is 5.15 Å². The van der Waals surface area contributed by atoms with Gasteiger partial charge in [-0.2, -0.15) is 5.10 Å². The topological polar surface area (TPSA) is 70.2 Å². The van der Waals surface area contributed by atoms with Gasteiger partial charge >= 0.3 is 5.69 Å². The lowest BCUT2D eigenvalue weighted by molar-refractivity contribution is -0.385.